The minimum Gasteiger partial charge on any atom is -0.393 e. The van der Waals surface area contributed by atoms with Crippen molar-refractivity contribution in [2.24, 2.45) is 7.05 Å². The Kier molecular flexibility index (Phi) is 3.50. The summed E-state index contributed by atoms with van der Waals surface area (Å²) in [6.45, 7) is 1.96. The van der Waals surface area contributed by atoms with Crippen LogP contribution in [-0.4, -0.2) is 49.2 Å². The standard InChI is InChI=1S/C7H15N5O2/c1-7(14,5-13)4-8-3-6-9-11-12(2)10-6/h8,13-14H,3-5H2,1-2H3. The molecule has 0 aromatic carbocycles. The summed E-state index contributed by atoms with van der Waals surface area (Å²) in [5.41, 5.74) is -1.11. The Bertz CT molecular complexity index is 285. The van der Waals surface area contributed by atoms with Crippen molar-refractivity contribution in [3.05, 3.63) is 5.82 Å². The molecule has 0 aliphatic carbocycles. The number of aromatic nitrogens is 4. The Labute approximate surface area is 81.7 Å². The molecule has 7 nitrogen and oxygen atoms in total. The monoisotopic (exact) mass is 201 g/mol. The van der Waals surface area contributed by atoms with E-state index in [1.165, 1.54) is 4.80 Å². The third-order valence-corrected chi connectivity index (χ3v) is 1.68. The Balaban J connectivity index is 2.28. The maximum Gasteiger partial charge on any atom is 0.188 e. The molecular formula is C7H15N5O2. The molecule has 7 heteroatoms. The van der Waals surface area contributed by atoms with Crippen LogP contribution in [0, 0.1) is 0 Å². The molecule has 0 radical (unpaired) electrons. The predicted octanol–water partition coefficient (Wildman–Crippen LogP) is -1.96. The lowest BCUT2D eigenvalue weighted by Gasteiger charge is -2.19. The van der Waals surface area contributed by atoms with Gasteiger partial charge in [-0.3, -0.25) is 0 Å². The number of aliphatic hydroxyl groups excluding tert-OH is 1. The molecule has 1 atom stereocenters. The normalized spacial score (nSPS) is 15.4. The lowest BCUT2D eigenvalue weighted by atomic mass is 10.1. The van der Waals surface area contributed by atoms with Crippen LogP contribution in [0.5, 0.6) is 0 Å². The molecule has 3 N–H and O–H groups in total. The summed E-state index contributed by atoms with van der Waals surface area (Å²) in [5, 5.41) is 32.5. The van der Waals surface area contributed by atoms with Crippen molar-refractivity contribution in [1.29, 1.82) is 0 Å². The minimum atomic E-state index is -1.11. The van der Waals surface area contributed by atoms with Crippen molar-refractivity contribution >= 4 is 0 Å². The molecule has 0 aliphatic rings. The average molecular weight is 201 g/mol. The second-order valence-electron chi connectivity index (χ2n) is 3.45. The summed E-state index contributed by atoms with van der Waals surface area (Å²) in [5.74, 6) is 0.557. The van der Waals surface area contributed by atoms with Gasteiger partial charge in [0.2, 0.25) is 0 Å². The topological polar surface area (TPSA) is 96.1 Å². The molecule has 0 saturated heterocycles. The molecule has 0 aliphatic heterocycles. The van der Waals surface area contributed by atoms with Gasteiger partial charge in [0.1, 0.15) is 0 Å². The Morgan fingerprint density at radius 1 is 1.57 bits per heavy atom. The summed E-state index contributed by atoms with van der Waals surface area (Å²) in [6, 6.07) is 0. The van der Waals surface area contributed by atoms with Gasteiger partial charge in [-0.25, -0.2) is 0 Å². The summed E-state index contributed by atoms with van der Waals surface area (Å²) >= 11 is 0. The van der Waals surface area contributed by atoms with Crippen LogP contribution in [-0.2, 0) is 13.6 Å². The van der Waals surface area contributed by atoms with Gasteiger partial charge in [0.15, 0.2) is 5.82 Å². The first-order valence-electron chi connectivity index (χ1n) is 4.30. The van der Waals surface area contributed by atoms with Crippen LogP contribution in [0.25, 0.3) is 0 Å². The average Bonchev–Trinajstić information content (AvgIpc) is 2.51. The van der Waals surface area contributed by atoms with Gasteiger partial charge in [0.05, 0.1) is 25.8 Å². The van der Waals surface area contributed by atoms with E-state index in [0.717, 1.165) is 0 Å². The zero-order valence-electron chi connectivity index (χ0n) is 8.30. The first-order chi connectivity index (χ1) is 6.53. The molecule has 0 saturated carbocycles. The second kappa shape index (κ2) is 4.45. The van der Waals surface area contributed by atoms with Gasteiger partial charge >= 0.3 is 0 Å². The molecular weight excluding hydrogens is 186 g/mol. The first-order valence-corrected chi connectivity index (χ1v) is 4.30. The largest absolute Gasteiger partial charge is 0.393 e. The second-order valence-corrected chi connectivity index (χ2v) is 3.45. The van der Waals surface area contributed by atoms with Crippen molar-refractivity contribution in [3.63, 3.8) is 0 Å². The number of tetrazole rings is 1. The summed E-state index contributed by atoms with van der Waals surface area (Å²) in [7, 11) is 1.68. The fraction of sp³-hybridized carbons (Fsp3) is 0.857. The Morgan fingerprint density at radius 2 is 2.29 bits per heavy atom. The Hall–Kier alpha value is -1.05. The summed E-state index contributed by atoms with van der Waals surface area (Å²) in [6.07, 6.45) is 0. The molecule has 80 valence electrons. The first kappa shape index (κ1) is 11.0. The lowest BCUT2D eigenvalue weighted by Crippen LogP contribution is -2.40. The SMILES string of the molecule is Cn1nnc(CNCC(C)(O)CO)n1. The van der Waals surface area contributed by atoms with Gasteiger partial charge < -0.3 is 15.5 Å². The van der Waals surface area contributed by atoms with Crippen molar-refractivity contribution in [2.45, 2.75) is 19.1 Å². The van der Waals surface area contributed by atoms with E-state index in [1.807, 2.05) is 0 Å². The molecule has 1 unspecified atom stereocenters. The van der Waals surface area contributed by atoms with Crippen LogP contribution in [0.2, 0.25) is 0 Å². The Morgan fingerprint density at radius 3 is 2.79 bits per heavy atom. The molecule has 0 spiro atoms. The number of aryl methyl sites for hydroxylation is 1. The number of hydrogen-bond acceptors (Lipinski definition) is 6. The van der Waals surface area contributed by atoms with Gasteiger partial charge in [-0.2, -0.15) is 4.80 Å². The number of nitrogens with one attached hydrogen (secondary N) is 1. The van der Waals surface area contributed by atoms with Crippen molar-refractivity contribution < 1.29 is 10.2 Å². The van der Waals surface area contributed by atoms with Gasteiger partial charge in [-0.1, -0.05) is 0 Å². The fourth-order valence-corrected chi connectivity index (χ4v) is 0.894. The van der Waals surface area contributed by atoms with Crippen LogP contribution >= 0.6 is 0 Å². The van der Waals surface area contributed by atoms with Gasteiger partial charge in [0.25, 0.3) is 0 Å². The molecule has 1 rings (SSSR count). The molecule has 0 bridgehead atoms. The maximum atomic E-state index is 9.43. The van der Waals surface area contributed by atoms with E-state index >= 15 is 0 Å². The molecule has 0 amide bonds. The highest BCUT2D eigenvalue weighted by Gasteiger charge is 2.18. The van der Waals surface area contributed by atoms with E-state index < -0.39 is 5.60 Å². The molecule has 1 aromatic heterocycles. The molecule has 14 heavy (non-hydrogen) atoms. The zero-order chi connectivity index (χ0) is 10.6. The molecule has 1 aromatic rings. The highest BCUT2D eigenvalue weighted by molar-refractivity contribution is 4.79. The van der Waals surface area contributed by atoms with E-state index in [-0.39, 0.29) is 13.2 Å². The van der Waals surface area contributed by atoms with Crippen molar-refractivity contribution in [1.82, 2.24) is 25.5 Å². The third kappa shape index (κ3) is 3.36. The van der Waals surface area contributed by atoms with E-state index in [1.54, 1.807) is 14.0 Å². The van der Waals surface area contributed by atoms with Gasteiger partial charge in [-0.05, 0) is 12.1 Å². The van der Waals surface area contributed by atoms with Gasteiger partial charge in [0, 0.05) is 6.54 Å². The van der Waals surface area contributed by atoms with Crippen LogP contribution in [0.3, 0.4) is 0 Å². The third-order valence-electron chi connectivity index (χ3n) is 1.68. The van der Waals surface area contributed by atoms with Crippen LogP contribution in [0.4, 0.5) is 0 Å². The predicted molar refractivity (Wildman–Crippen MR) is 48.2 cm³/mol. The molecule has 1 heterocycles. The minimum absolute atomic E-state index is 0.280. The lowest BCUT2D eigenvalue weighted by molar-refractivity contribution is 0.00243. The van der Waals surface area contributed by atoms with Crippen molar-refractivity contribution in [2.75, 3.05) is 13.2 Å². The van der Waals surface area contributed by atoms with E-state index in [9.17, 15) is 5.11 Å². The van der Waals surface area contributed by atoms with Crippen LogP contribution in [0.15, 0.2) is 0 Å². The highest BCUT2D eigenvalue weighted by atomic mass is 16.3. The van der Waals surface area contributed by atoms with Gasteiger partial charge in [-0.15, -0.1) is 10.2 Å². The summed E-state index contributed by atoms with van der Waals surface area (Å²) in [4.78, 5) is 1.36. The summed E-state index contributed by atoms with van der Waals surface area (Å²) < 4.78 is 0. The maximum absolute atomic E-state index is 9.43. The molecule has 0 fully saturated rings. The van der Waals surface area contributed by atoms with E-state index in [0.29, 0.717) is 12.4 Å². The zero-order valence-corrected chi connectivity index (χ0v) is 8.30. The number of aliphatic hydroxyl groups is 2. The smallest absolute Gasteiger partial charge is 0.188 e. The van der Waals surface area contributed by atoms with Crippen molar-refractivity contribution in [3.8, 4) is 0 Å². The number of hydrogen-bond donors (Lipinski definition) is 3. The number of rotatable bonds is 5. The fourth-order valence-electron chi connectivity index (χ4n) is 0.894. The van der Waals surface area contributed by atoms with E-state index in [2.05, 4.69) is 20.7 Å². The van der Waals surface area contributed by atoms with Crippen LogP contribution < -0.4 is 5.32 Å². The van der Waals surface area contributed by atoms with Crippen LogP contribution in [0.1, 0.15) is 12.7 Å². The van der Waals surface area contributed by atoms with E-state index in [4.69, 9.17) is 5.11 Å². The quantitative estimate of drug-likeness (QED) is 0.512. The highest BCUT2D eigenvalue weighted by Crippen LogP contribution is 1.98. The number of nitrogens with zero attached hydrogens (tertiary/aromatic N) is 4.